The molecule has 3 heterocycles. The first-order valence-electron chi connectivity index (χ1n) is 15.0. The number of nitrogens with zero attached hydrogens (tertiary/aromatic N) is 1. The topological polar surface area (TPSA) is 133 Å². The molecule has 2 aromatic heterocycles. The van der Waals surface area contributed by atoms with Gasteiger partial charge in [0.2, 0.25) is 0 Å². The number of fused-ring (bicyclic) bond motifs is 3. The molecule has 4 aromatic rings. The fourth-order valence-corrected chi connectivity index (χ4v) is 7.08. The zero-order chi connectivity index (χ0) is 31.9. The van der Waals surface area contributed by atoms with Gasteiger partial charge in [0, 0.05) is 51.3 Å². The van der Waals surface area contributed by atoms with Gasteiger partial charge in [-0.1, -0.05) is 12.1 Å². The molecule has 1 aliphatic carbocycles. The fraction of sp³-hybridized carbons (Fsp3) is 0.314. The van der Waals surface area contributed by atoms with Crippen LogP contribution in [0, 0.1) is 13.8 Å². The number of nitrogens with two attached hydrogens (primary N) is 1. The Morgan fingerprint density at radius 1 is 1.02 bits per heavy atom. The highest BCUT2D eigenvalue weighted by molar-refractivity contribution is 7.13. The summed E-state index contributed by atoms with van der Waals surface area (Å²) in [6.45, 7) is 6.71. The van der Waals surface area contributed by atoms with Gasteiger partial charge in [0.25, 0.3) is 11.8 Å². The van der Waals surface area contributed by atoms with Gasteiger partial charge < -0.3 is 25.8 Å². The monoisotopic (exact) mass is 624 g/mol. The van der Waals surface area contributed by atoms with Crippen molar-refractivity contribution in [1.82, 2.24) is 10.3 Å². The Bertz CT molecular complexity index is 1820. The molecule has 0 spiro atoms. The van der Waals surface area contributed by atoms with Crippen LogP contribution < -0.4 is 21.1 Å². The Morgan fingerprint density at radius 3 is 2.44 bits per heavy atom. The molecule has 2 amide bonds. The van der Waals surface area contributed by atoms with E-state index in [9.17, 15) is 14.4 Å². The minimum Gasteiger partial charge on any atom is -0.493 e. The number of esters is 1. The largest absolute Gasteiger partial charge is 0.493 e. The van der Waals surface area contributed by atoms with E-state index in [1.165, 1.54) is 7.11 Å². The number of aromatic nitrogens is 1. The first-order chi connectivity index (χ1) is 21.6. The van der Waals surface area contributed by atoms with E-state index in [4.69, 9.17) is 15.2 Å². The number of methoxy groups -OCH3 is 1. The molecule has 0 unspecified atom stereocenters. The quantitative estimate of drug-likeness (QED) is 0.209. The number of benzene rings is 2. The number of rotatable bonds is 7. The second-order valence-corrected chi connectivity index (χ2v) is 12.9. The van der Waals surface area contributed by atoms with E-state index in [-0.39, 0.29) is 28.7 Å². The second-order valence-electron chi connectivity index (χ2n) is 12.0. The molecule has 0 bridgehead atoms. The number of carbonyl (C=O) groups is 3. The van der Waals surface area contributed by atoms with E-state index in [1.807, 2.05) is 44.4 Å². The minimum atomic E-state index is -0.721. The molecule has 232 valence electrons. The predicted octanol–water partition coefficient (Wildman–Crippen LogP) is 6.20. The van der Waals surface area contributed by atoms with Crippen molar-refractivity contribution < 1.29 is 23.9 Å². The van der Waals surface area contributed by atoms with E-state index >= 15 is 0 Å². The normalized spacial score (nSPS) is 14.6. The summed E-state index contributed by atoms with van der Waals surface area (Å²) >= 11 is 1.59. The Balaban J connectivity index is 1.50. The first-order valence-corrected chi connectivity index (χ1v) is 15.9. The van der Waals surface area contributed by atoms with E-state index in [1.54, 1.807) is 29.5 Å². The maximum absolute atomic E-state index is 14.2. The van der Waals surface area contributed by atoms with Crippen LogP contribution in [0.1, 0.15) is 79.8 Å². The summed E-state index contributed by atoms with van der Waals surface area (Å²) in [5, 5.41) is 8.18. The van der Waals surface area contributed by atoms with Crippen molar-refractivity contribution in [2.45, 2.75) is 58.5 Å². The van der Waals surface area contributed by atoms with Crippen molar-refractivity contribution in [2.24, 2.45) is 5.73 Å². The smallest absolute Gasteiger partial charge is 0.357 e. The highest BCUT2D eigenvalue weighted by atomic mass is 32.1. The van der Waals surface area contributed by atoms with Gasteiger partial charge >= 0.3 is 5.97 Å². The Kier molecular flexibility index (Phi) is 8.20. The van der Waals surface area contributed by atoms with Crippen LogP contribution in [0.15, 0.2) is 47.8 Å². The summed E-state index contributed by atoms with van der Waals surface area (Å²) in [7, 11) is 1.26. The van der Waals surface area contributed by atoms with E-state index in [0.29, 0.717) is 41.3 Å². The lowest BCUT2D eigenvalue weighted by atomic mass is 9.78. The van der Waals surface area contributed by atoms with Gasteiger partial charge in [-0.05, 0) is 98.0 Å². The average Bonchev–Trinajstić information content (AvgIpc) is 3.42. The number of aryl methyl sites for hydroxylation is 2. The third-order valence-electron chi connectivity index (χ3n) is 8.72. The molecule has 0 radical (unpaired) electrons. The molecule has 1 saturated carbocycles. The summed E-state index contributed by atoms with van der Waals surface area (Å²) < 4.78 is 11.3. The van der Waals surface area contributed by atoms with E-state index in [2.05, 4.69) is 21.7 Å². The van der Waals surface area contributed by atoms with Crippen LogP contribution >= 0.6 is 11.3 Å². The number of ether oxygens (including phenoxy) is 2. The molecule has 1 aliphatic heterocycles. The summed E-state index contributed by atoms with van der Waals surface area (Å²) in [5.41, 5.74) is 12.1. The summed E-state index contributed by atoms with van der Waals surface area (Å²) in [5.74, 6) is -0.856. The second kappa shape index (κ2) is 12.1. The number of pyridine rings is 1. The lowest BCUT2D eigenvalue weighted by Gasteiger charge is -2.39. The third kappa shape index (κ3) is 5.83. The molecule has 9 nitrogen and oxygen atoms in total. The number of nitrogens with one attached hydrogen (secondary N) is 2. The Morgan fingerprint density at radius 2 is 1.78 bits per heavy atom. The van der Waals surface area contributed by atoms with Crippen LogP contribution in [0.25, 0.3) is 21.6 Å². The molecular weight excluding hydrogens is 588 g/mol. The number of anilines is 1. The number of carbonyl (C=O) groups excluding carboxylic acids is 3. The van der Waals surface area contributed by atoms with Crippen molar-refractivity contribution in [1.29, 1.82) is 0 Å². The molecule has 0 atom stereocenters. The summed E-state index contributed by atoms with van der Waals surface area (Å²) in [6, 6.07) is 12.8. The molecule has 10 heteroatoms. The van der Waals surface area contributed by atoms with Gasteiger partial charge in [-0.15, -0.1) is 11.3 Å². The Hall–Kier alpha value is -4.54. The maximum atomic E-state index is 14.2. The number of hydrogen-bond acceptors (Lipinski definition) is 8. The zero-order valence-corrected chi connectivity index (χ0v) is 26.7. The fourth-order valence-electron chi connectivity index (χ4n) is 6.10. The molecule has 45 heavy (non-hydrogen) atoms. The third-order valence-corrected chi connectivity index (χ3v) is 9.71. The van der Waals surface area contributed by atoms with Gasteiger partial charge in [-0.3, -0.25) is 9.59 Å². The molecule has 2 aromatic carbocycles. The van der Waals surface area contributed by atoms with Gasteiger partial charge in [-0.2, -0.15) is 0 Å². The zero-order valence-electron chi connectivity index (χ0n) is 25.8. The number of thiophene rings is 1. The van der Waals surface area contributed by atoms with Gasteiger partial charge in [0.1, 0.15) is 11.4 Å². The van der Waals surface area contributed by atoms with Crippen LogP contribution in [0.3, 0.4) is 0 Å². The molecular formula is C35H36N4O5S. The van der Waals surface area contributed by atoms with Gasteiger partial charge in [0.05, 0.1) is 13.7 Å². The highest BCUT2D eigenvalue weighted by Crippen LogP contribution is 2.43. The van der Waals surface area contributed by atoms with Crippen LogP contribution in [0.2, 0.25) is 0 Å². The lowest BCUT2D eigenvalue weighted by molar-refractivity contribution is 0.0594. The molecule has 4 N–H and O–H groups in total. The maximum Gasteiger partial charge on any atom is 0.357 e. The van der Waals surface area contributed by atoms with E-state index < -0.39 is 5.97 Å². The lowest BCUT2D eigenvalue weighted by Crippen LogP contribution is -2.51. The molecule has 2 aliphatic rings. The van der Waals surface area contributed by atoms with Crippen molar-refractivity contribution >= 4 is 34.8 Å². The Labute approximate surface area is 266 Å². The summed E-state index contributed by atoms with van der Waals surface area (Å²) in [4.78, 5) is 46.1. The van der Waals surface area contributed by atoms with Gasteiger partial charge in [0.15, 0.2) is 5.69 Å². The first kappa shape index (κ1) is 30.5. The number of hydrogen-bond donors (Lipinski definition) is 3. The summed E-state index contributed by atoms with van der Waals surface area (Å²) in [6.07, 6.45) is 3.54. The standard InChI is InChI=1S/C35H36N4O5S/c1-19-14-21(18-36)15-20(2)29(19)38-32(40)25-16-26-28(44-12-8-22-9-13-45-31(22)26)17-24(25)23-6-7-27(37-30(23)34(42)43-4)33(41)39-35(3)10-5-11-35/h6-7,9,13-17H,5,8,10-12,18,36H2,1-4H3,(H,38,40)(H,39,41). The molecule has 6 rings (SSSR count). The van der Waals surface area contributed by atoms with Crippen molar-refractivity contribution in [2.75, 3.05) is 19.0 Å². The average molecular weight is 625 g/mol. The number of amides is 2. The SMILES string of the molecule is COC(=O)c1nc(C(=O)NC2(C)CCC2)ccc1-c1cc2c(cc1C(=O)Nc1c(C)cc(CN)cc1C)-c1sccc1CCO2. The van der Waals surface area contributed by atoms with Crippen LogP contribution in [-0.2, 0) is 17.7 Å². The van der Waals surface area contributed by atoms with Crippen molar-refractivity contribution in [3.05, 3.63) is 87.0 Å². The van der Waals surface area contributed by atoms with Crippen LogP contribution in [-0.4, -0.2) is 42.0 Å². The van der Waals surface area contributed by atoms with Crippen LogP contribution in [0.4, 0.5) is 5.69 Å². The minimum absolute atomic E-state index is 0.0667. The molecule has 0 saturated heterocycles. The van der Waals surface area contributed by atoms with Crippen LogP contribution in [0.5, 0.6) is 5.75 Å². The van der Waals surface area contributed by atoms with Crippen molar-refractivity contribution in [3.8, 4) is 27.3 Å². The van der Waals surface area contributed by atoms with Gasteiger partial charge in [-0.25, -0.2) is 9.78 Å². The van der Waals surface area contributed by atoms with Crippen molar-refractivity contribution in [3.63, 3.8) is 0 Å². The predicted molar refractivity (Wildman–Crippen MR) is 175 cm³/mol. The molecule has 1 fully saturated rings. The van der Waals surface area contributed by atoms with E-state index in [0.717, 1.165) is 58.4 Å². The highest BCUT2D eigenvalue weighted by Gasteiger charge is 2.34.